The molecule has 0 bridgehead atoms. The number of hydrogen-bond acceptors (Lipinski definition) is 3. The molecule has 27 heavy (non-hydrogen) atoms. The van der Waals surface area contributed by atoms with E-state index in [1.807, 2.05) is 6.92 Å². The molecule has 0 aliphatic rings. The quantitative estimate of drug-likeness (QED) is 0.719. The van der Waals surface area contributed by atoms with Crippen molar-refractivity contribution in [2.45, 2.75) is 39.8 Å². The third-order valence-corrected chi connectivity index (χ3v) is 4.77. The highest BCUT2D eigenvalue weighted by Gasteiger charge is 2.32. The molecular weight excluding hydrogens is 369 g/mol. The molecule has 0 saturated carbocycles. The minimum Gasteiger partial charge on any atom is -0.321 e. The number of anilines is 1. The second-order valence-corrected chi connectivity index (χ2v) is 7.35. The Morgan fingerprint density at radius 1 is 1.30 bits per heavy atom. The molecule has 142 valence electrons. The van der Waals surface area contributed by atoms with Crippen molar-refractivity contribution in [3.8, 4) is 0 Å². The van der Waals surface area contributed by atoms with E-state index >= 15 is 0 Å². The van der Waals surface area contributed by atoms with E-state index in [0.29, 0.717) is 22.0 Å². The zero-order chi connectivity index (χ0) is 19.8. The first-order valence-corrected chi connectivity index (χ1v) is 8.87. The van der Waals surface area contributed by atoms with E-state index < -0.39 is 5.54 Å². The molecule has 0 unspecified atom stereocenters. The van der Waals surface area contributed by atoms with Crippen molar-refractivity contribution in [2.75, 3.05) is 5.32 Å². The highest BCUT2D eigenvalue weighted by molar-refractivity contribution is 6.30. The van der Waals surface area contributed by atoms with Crippen LogP contribution in [0.25, 0.3) is 0 Å². The van der Waals surface area contributed by atoms with Crippen LogP contribution in [0.2, 0.25) is 5.02 Å². The molecule has 0 atom stereocenters. The fourth-order valence-electron chi connectivity index (χ4n) is 2.80. The van der Waals surface area contributed by atoms with Crippen LogP contribution in [0.15, 0.2) is 36.7 Å². The standard InChI is InChI=1S/C19H21ClFN5O/c1-12-17(23-18(27)19(3,4)26-11-15(20)9-22-26)13(2)25(24-12)10-14-7-5-6-8-16(14)21/h5-9,11H,10H2,1-4H3,(H,23,27). The number of halogens is 2. The molecule has 0 saturated heterocycles. The Morgan fingerprint density at radius 2 is 2.00 bits per heavy atom. The summed E-state index contributed by atoms with van der Waals surface area (Å²) >= 11 is 5.92. The molecule has 8 heteroatoms. The van der Waals surface area contributed by atoms with Gasteiger partial charge in [-0.15, -0.1) is 0 Å². The van der Waals surface area contributed by atoms with Crippen molar-refractivity contribution in [3.63, 3.8) is 0 Å². The average Bonchev–Trinajstić information content (AvgIpc) is 3.16. The Bertz CT molecular complexity index is 992. The monoisotopic (exact) mass is 389 g/mol. The molecule has 3 rings (SSSR count). The topological polar surface area (TPSA) is 64.7 Å². The number of aryl methyl sites for hydroxylation is 1. The number of aromatic nitrogens is 4. The van der Waals surface area contributed by atoms with Crippen LogP contribution in [-0.4, -0.2) is 25.5 Å². The third kappa shape index (κ3) is 3.73. The molecule has 0 fully saturated rings. The van der Waals surface area contributed by atoms with E-state index in [-0.39, 0.29) is 18.3 Å². The molecule has 1 aromatic carbocycles. The van der Waals surface area contributed by atoms with E-state index in [1.54, 1.807) is 49.8 Å². The minimum absolute atomic E-state index is 0.251. The van der Waals surface area contributed by atoms with Gasteiger partial charge < -0.3 is 5.32 Å². The molecule has 0 aliphatic heterocycles. The first-order valence-electron chi connectivity index (χ1n) is 8.49. The van der Waals surface area contributed by atoms with Crippen LogP contribution in [-0.2, 0) is 16.9 Å². The zero-order valence-electron chi connectivity index (χ0n) is 15.6. The predicted molar refractivity (Wildman–Crippen MR) is 102 cm³/mol. The predicted octanol–water partition coefficient (Wildman–Crippen LogP) is 3.91. The lowest BCUT2D eigenvalue weighted by atomic mass is 10.0. The molecule has 6 nitrogen and oxygen atoms in total. The van der Waals surface area contributed by atoms with Crippen molar-refractivity contribution >= 4 is 23.2 Å². The summed E-state index contributed by atoms with van der Waals surface area (Å²) in [6, 6.07) is 6.57. The summed E-state index contributed by atoms with van der Waals surface area (Å²) in [6.45, 7) is 7.43. The molecule has 1 N–H and O–H groups in total. The Labute approximate surface area is 161 Å². The number of nitrogens with one attached hydrogen (secondary N) is 1. The van der Waals surface area contributed by atoms with Crippen LogP contribution >= 0.6 is 11.6 Å². The SMILES string of the molecule is Cc1nn(Cc2ccccc2F)c(C)c1NC(=O)C(C)(C)n1cc(Cl)cn1. The number of carbonyl (C=O) groups excluding carboxylic acids is 1. The Morgan fingerprint density at radius 3 is 2.63 bits per heavy atom. The van der Waals surface area contributed by atoms with E-state index in [2.05, 4.69) is 15.5 Å². The van der Waals surface area contributed by atoms with Gasteiger partial charge in [0.2, 0.25) is 0 Å². The Balaban J connectivity index is 1.84. The van der Waals surface area contributed by atoms with Crippen LogP contribution in [0.3, 0.4) is 0 Å². The lowest BCUT2D eigenvalue weighted by Gasteiger charge is -2.24. The normalized spacial score (nSPS) is 11.6. The summed E-state index contributed by atoms with van der Waals surface area (Å²) in [5, 5.41) is 12.0. The molecule has 2 aromatic heterocycles. The first-order chi connectivity index (χ1) is 12.7. The maximum absolute atomic E-state index is 13.9. The molecule has 2 heterocycles. The van der Waals surface area contributed by atoms with E-state index in [9.17, 15) is 9.18 Å². The summed E-state index contributed by atoms with van der Waals surface area (Å²) in [7, 11) is 0. The van der Waals surface area contributed by atoms with Crippen molar-refractivity contribution < 1.29 is 9.18 Å². The van der Waals surface area contributed by atoms with Crippen LogP contribution in [0.4, 0.5) is 10.1 Å². The Hall–Kier alpha value is -2.67. The minimum atomic E-state index is -0.945. The molecular formula is C19H21ClFN5O. The highest BCUT2D eigenvalue weighted by atomic mass is 35.5. The van der Waals surface area contributed by atoms with Gasteiger partial charge >= 0.3 is 0 Å². The van der Waals surface area contributed by atoms with Gasteiger partial charge in [0.05, 0.1) is 34.8 Å². The highest BCUT2D eigenvalue weighted by Crippen LogP contribution is 2.25. The third-order valence-electron chi connectivity index (χ3n) is 4.58. The van der Waals surface area contributed by atoms with Crippen molar-refractivity contribution in [2.24, 2.45) is 0 Å². The molecule has 0 aliphatic carbocycles. The smallest absolute Gasteiger partial charge is 0.251 e. The van der Waals surface area contributed by atoms with Crippen molar-refractivity contribution in [3.05, 3.63) is 64.5 Å². The molecule has 3 aromatic rings. The fraction of sp³-hybridized carbons (Fsp3) is 0.316. The largest absolute Gasteiger partial charge is 0.321 e. The van der Waals surface area contributed by atoms with Crippen molar-refractivity contribution in [1.29, 1.82) is 0 Å². The number of carbonyl (C=O) groups is 1. The maximum Gasteiger partial charge on any atom is 0.251 e. The average molecular weight is 390 g/mol. The number of benzene rings is 1. The molecule has 1 amide bonds. The van der Waals surface area contributed by atoms with E-state index in [4.69, 9.17) is 11.6 Å². The van der Waals surface area contributed by atoms with Gasteiger partial charge in [-0.05, 0) is 33.8 Å². The lowest BCUT2D eigenvalue weighted by molar-refractivity contribution is -0.123. The summed E-state index contributed by atoms with van der Waals surface area (Å²) in [5.41, 5.74) is 1.61. The number of amides is 1. The summed E-state index contributed by atoms with van der Waals surface area (Å²) in [6.07, 6.45) is 3.09. The summed E-state index contributed by atoms with van der Waals surface area (Å²) in [4.78, 5) is 12.9. The fourth-order valence-corrected chi connectivity index (χ4v) is 2.93. The number of nitrogens with zero attached hydrogens (tertiary/aromatic N) is 4. The van der Waals surface area contributed by atoms with Gasteiger partial charge in [0.25, 0.3) is 5.91 Å². The second kappa shape index (κ2) is 7.15. The van der Waals surface area contributed by atoms with E-state index in [0.717, 1.165) is 5.69 Å². The second-order valence-electron chi connectivity index (χ2n) is 6.91. The first kappa shape index (κ1) is 19.1. The van der Waals surface area contributed by atoms with Crippen LogP contribution in [0, 0.1) is 19.7 Å². The summed E-state index contributed by atoms with van der Waals surface area (Å²) in [5.74, 6) is -0.536. The number of hydrogen-bond donors (Lipinski definition) is 1. The zero-order valence-corrected chi connectivity index (χ0v) is 16.4. The van der Waals surface area contributed by atoms with Gasteiger partial charge in [-0.3, -0.25) is 14.2 Å². The van der Waals surface area contributed by atoms with Gasteiger partial charge in [-0.25, -0.2) is 4.39 Å². The van der Waals surface area contributed by atoms with Gasteiger partial charge in [0.15, 0.2) is 0 Å². The number of rotatable bonds is 5. The van der Waals surface area contributed by atoms with Crippen LogP contribution in [0.5, 0.6) is 0 Å². The maximum atomic E-state index is 13.9. The van der Waals surface area contributed by atoms with Crippen LogP contribution in [0.1, 0.15) is 30.8 Å². The molecule has 0 radical (unpaired) electrons. The molecule has 0 spiro atoms. The Kier molecular flexibility index (Phi) is 5.06. The van der Waals surface area contributed by atoms with Crippen molar-refractivity contribution in [1.82, 2.24) is 19.6 Å². The van der Waals surface area contributed by atoms with Gasteiger partial charge in [0.1, 0.15) is 11.4 Å². The van der Waals surface area contributed by atoms with E-state index in [1.165, 1.54) is 16.9 Å². The summed E-state index contributed by atoms with van der Waals surface area (Å²) < 4.78 is 17.1. The lowest BCUT2D eigenvalue weighted by Crippen LogP contribution is -2.40. The van der Waals surface area contributed by atoms with Gasteiger partial charge in [-0.2, -0.15) is 10.2 Å². The van der Waals surface area contributed by atoms with Crippen LogP contribution < -0.4 is 5.32 Å². The van der Waals surface area contributed by atoms with Gasteiger partial charge in [-0.1, -0.05) is 29.8 Å². The van der Waals surface area contributed by atoms with Gasteiger partial charge in [0, 0.05) is 11.8 Å².